The van der Waals surface area contributed by atoms with E-state index in [2.05, 4.69) is 20.4 Å². The van der Waals surface area contributed by atoms with Crippen molar-refractivity contribution < 1.29 is 18.4 Å². The summed E-state index contributed by atoms with van der Waals surface area (Å²) in [6, 6.07) is 1.86. The van der Waals surface area contributed by atoms with Crippen LogP contribution in [0.25, 0.3) is 0 Å². The average Bonchev–Trinajstić information content (AvgIpc) is 2.78. The van der Waals surface area contributed by atoms with Crippen molar-refractivity contribution in [3.63, 3.8) is 0 Å². The van der Waals surface area contributed by atoms with Crippen LogP contribution in [-0.4, -0.2) is 86.1 Å². The molecule has 1 aromatic rings. The largest absolute Gasteiger partial charge is 0.371 e. The van der Waals surface area contributed by atoms with E-state index in [4.69, 9.17) is 5.73 Å². The van der Waals surface area contributed by atoms with E-state index in [0.717, 1.165) is 58.2 Å². The van der Waals surface area contributed by atoms with Crippen molar-refractivity contribution in [2.45, 2.75) is 37.8 Å². The van der Waals surface area contributed by atoms with Crippen LogP contribution in [0.1, 0.15) is 25.7 Å². The van der Waals surface area contributed by atoms with Gasteiger partial charge in [0, 0.05) is 63.9 Å². The number of likely N-dealkylation sites (tertiary alicyclic amines) is 1. The summed E-state index contributed by atoms with van der Waals surface area (Å²) in [5.41, 5.74) is 6.13. The van der Waals surface area contributed by atoms with Gasteiger partial charge in [-0.2, -0.15) is 0 Å². The normalized spacial score (nSPS) is 24.0. The molecule has 0 aliphatic carbocycles. The second-order valence-electron chi connectivity index (χ2n) is 8.94. The second-order valence-corrected chi connectivity index (χ2v) is 8.94. The second kappa shape index (κ2) is 10.1. The summed E-state index contributed by atoms with van der Waals surface area (Å²) in [5, 5.41) is 4.94. The first-order valence-corrected chi connectivity index (χ1v) is 11.4. The predicted octanol–water partition coefficient (Wildman–Crippen LogP) is 0.727. The molecule has 176 valence electrons. The molecule has 0 radical (unpaired) electrons. The highest BCUT2D eigenvalue weighted by atomic mass is 19.1. The summed E-state index contributed by atoms with van der Waals surface area (Å²) in [6.07, 6.45) is 2.51. The molecule has 3 fully saturated rings. The number of hydrogen-bond acceptors (Lipinski definition) is 7. The molecule has 0 aromatic heterocycles. The molecule has 1 aromatic carbocycles. The molecule has 3 saturated heterocycles. The number of halogens is 2. The number of nitrogens with two attached hydrogens (primary N) is 1. The first-order chi connectivity index (χ1) is 15.4. The van der Waals surface area contributed by atoms with E-state index in [1.807, 2.05) is 4.90 Å². The average molecular weight is 451 g/mol. The van der Waals surface area contributed by atoms with Crippen molar-refractivity contribution >= 4 is 23.2 Å². The minimum atomic E-state index is -0.758. The third kappa shape index (κ3) is 5.54. The molecule has 4 N–H and O–H groups in total. The Morgan fingerprint density at radius 1 is 0.938 bits per heavy atom. The maximum absolute atomic E-state index is 14.8. The van der Waals surface area contributed by atoms with Crippen molar-refractivity contribution in [2.24, 2.45) is 5.73 Å². The quantitative estimate of drug-likeness (QED) is 0.550. The Labute approximate surface area is 187 Å². The SMILES string of the molecule is NC1CCN(CCN2CCN(c3cc(F)c(NC4CCC(=O)NC4=O)cc3F)CC2)CC1. The summed E-state index contributed by atoms with van der Waals surface area (Å²) in [6.45, 7) is 6.92. The Kier molecular flexibility index (Phi) is 7.22. The number of imide groups is 1. The van der Waals surface area contributed by atoms with Crippen LogP contribution in [0.2, 0.25) is 0 Å². The number of nitrogens with one attached hydrogen (secondary N) is 2. The van der Waals surface area contributed by atoms with Gasteiger partial charge in [0.15, 0.2) is 0 Å². The highest BCUT2D eigenvalue weighted by molar-refractivity contribution is 6.01. The molecule has 10 heteroatoms. The van der Waals surface area contributed by atoms with Gasteiger partial charge in [0.25, 0.3) is 0 Å². The lowest BCUT2D eigenvalue weighted by molar-refractivity contribution is -0.133. The molecule has 2 amide bonds. The number of carbonyl (C=O) groups is 2. The molecule has 3 heterocycles. The molecule has 32 heavy (non-hydrogen) atoms. The van der Waals surface area contributed by atoms with Gasteiger partial charge in [0.1, 0.15) is 17.7 Å². The molecule has 4 rings (SSSR count). The topological polar surface area (TPSA) is 93.9 Å². The van der Waals surface area contributed by atoms with E-state index in [1.54, 1.807) is 0 Å². The summed E-state index contributed by atoms with van der Waals surface area (Å²) < 4.78 is 29.5. The number of benzene rings is 1. The lowest BCUT2D eigenvalue weighted by atomic mass is 10.1. The van der Waals surface area contributed by atoms with E-state index in [-0.39, 0.29) is 30.1 Å². The van der Waals surface area contributed by atoms with Crippen LogP contribution in [0, 0.1) is 11.6 Å². The highest BCUT2D eigenvalue weighted by Gasteiger charge is 2.28. The predicted molar refractivity (Wildman–Crippen MR) is 118 cm³/mol. The maximum Gasteiger partial charge on any atom is 0.249 e. The molecule has 3 aliphatic heterocycles. The fraction of sp³-hybridized carbons (Fsp3) is 0.636. The maximum atomic E-state index is 14.8. The van der Waals surface area contributed by atoms with Crippen LogP contribution in [-0.2, 0) is 9.59 Å². The van der Waals surface area contributed by atoms with Crippen LogP contribution in [0.5, 0.6) is 0 Å². The highest BCUT2D eigenvalue weighted by Crippen LogP contribution is 2.28. The van der Waals surface area contributed by atoms with E-state index in [0.29, 0.717) is 19.1 Å². The van der Waals surface area contributed by atoms with Crippen LogP contribution in [0.4, 0.5) is 20.2 Å². The number of carbonyl (C=O) groups excluding carboxylic acids is 2. The van der Waals surface area contributed by atoms with Gasteiger partial charge < -0.3 is 20.9 Å². The standard InChI is InChI=1S/C22H32F2N6O2/c23-16-14-20(17(24)13-19(16)26-18-1-2-21(31)27-22(18)32)30-11-9-29(10-12-30)8-7-28-5-3-15(25)4-6-28/h13-15,18,26H,1-12,25H2,(H,27,31,32). The van der Waals surface area contributed by atoms with Gasteiger partial charge in [-0.1, -0.05) is 0 Å². The first kappa shape index (κ1) is 22.9. The Balaban J connectivity index is 1.29. The number of piperidine rings is 2. The van der Waals surface area contributed by atoms with Crippen LogP contribution in [0.15, 0.2) is 12.1 Å². The van der Waals surface area contributed by atoms with Crippen LogP contribution < -0.4 is 21.3 Å². The van der Waals surface area contributed by atoms with Gasteiger partial charge >= 0.3 is 0 Å². The Morgan fingerprint density at radius 3 is 2.25 bits per heavy atom. The zero-order valence-corrected chi connectivity index (χ0v) is 18.3. The molecule has 0 spiro atoms. The summed E-state index contributed by atoms with van der Waals surface area (Å²) in [5.74, 6) is -2.01. The third-order valence-corrected chi connectivity index (χ3v) is 6.68. The lowest BCUT2D eigenvalue weighted by Gasteiger charge is -2.38. The van der Waals surface area contributed by atoms with Crippen molar-refractivity contribution in [1.29, 1.82) is 0 Å². The number of anilines is 2. The van der Waals surface area contributed by atoms with Crippen LogP contribution >= 0.6 is 0 Å². The third-order valence-electron chi connectivity index (χ3n) is 6.68. The molecular weight excluding hydrogens is 418 g/mol. The molecular formula is C22H32F2N6O2. The molecule has 1 atom stereocenters. The minimum absolute atomic E-state index is 0.0689. The van der Waals surface area contributed by atoms with Crippen molar-refractivity contribution in [3.05, 3.63) is 23.8 Å². The van der Waals surface area contributed by atoms with Crippen molar-refractivity contribution in [3.8, 4) is 0 Å². The van der Waals surface area contributed by atoms with Gasteiger partial charge in [-0.05, 0) is 32.4 Å². The summed E-state index contributed by atoms with van der Waals surface area (Å²) in [7, 11) is 0. The molecule has 3 aliphatic rings. The van der Waals surface area contributed by atoms with Crippen molar-refractivity contribution in [1.82, 2.24) is 15.1 Å². The molecule has 0 saturated carbocycles. The molecule has 8 nitrogen and oxygen atoms in total. The molecule has 0 bridgehead atoms. The monoisotopic (exact) mass is 450 g/mol. The number of nitrogens with zero attached hydrogens (tertiary/aromatic N) is 3. The van der Waals surface area contributed by atoms with Gasteiger partial charge in [-0.3, -0.25) is 19.8 Å². The van der Waals surface area contributed by atoms with Crippen molar-refractivity contribution in [2.75, 3.05) is 62.6 Å². The van der Waals surface area contributed by atoms with E-state index in [1.165, 1.54) is 6.07 Å². The fourth-order valence-electron chi connectivity index (χ4n) is 4.58. The van der Waals surface area contributed by atoms with E-state index in [9.17, 15) is 18.4 Å². The summed E-state index contributed by atoms with van der Waals surface area (Å²) >= 11 is 0. The van der Waals surface area contributed by atoms with E-state index < -0.39 is 23.6 Å². The zero-order chi connectivity index (χ0) is 22.7. The number of hydrogen-bond donors (Lipinski definition) is 3. The van der Waals surface area contributed by atoms with Gasteiger partial charge in [0.2, 0.25) is 11.8 Å². The summed E-state index contributed by atoms with van der Waals surface area (Å²) in [4.78, 5) is 29.8. The zero-order valence-electron chi connectivity index (χ0n) is 18.3. The minimum Gasteiger partial charge on any atom is -0.371 e. The number of amides is 2. The lowest BCUT2D eigenvalue weighted by Crippen LogP contribution is -2.50. The van der Waals surface area contributed by atoms with Gasteiger partial charge in [0.05, 0.1) is 11.4 Å². The van der Waals surface area contributed by atoms with Gasteiger partial charge in [-0.15, -0.1) is 0 Å². The first-order valence-electron chi connectivity index (χ1n) is 11.4. The van der Waals surface area contributed by atoms with Crippen LogP contribution in [0.3, 0.4) is 0 Å². The molecule has 1 unspecified atom stereocenters. The van der Waals surface area contributed by atoms with E-state index >= 15 is 0 Å². The number of piperazine rings is 1. The number of rotatable bonds is 6. The Hall–Kier alpha value is -2.30. The smallest absolute Gasteiger partial charge is 0.249 e. The van der Waals surface area contributed by atoms with Gasteiger partial charge in [-0.25, -0.2) is 8.78 Å². The Morgan fingerprint density at radius 2 is 1.59 bits per heavy atom. The fourth-order valence-corrected chi connectivity index (χ4v) is 4.58. The Bertz CT molecular complexity index is 838.